The van der Waals surface area contributed by atoms with Gasteiger partial charge in [0, 0.05) is 5.02 Å². The summed E-state index contributed by atoms with van der Waals surface area (Å²) in [5.74, 6) is -0.785. The molecule has 0 N–H and O–H groups in total. The summed E-state index contributed by atoms with van der Waals surface area (Å²) in [7, 11) is -3.58. The Kier molecular flexibility index (Phi) is 5.68. The molecule has 0 aliphatic heterocycles. The second-order valence-electron chi connectivity index (χ2n) is 4.93. The first-order chi connectivity index (χ1) is 10.8. The maximum Gasteiger partial charge on any atom is 0.312 e. The van der Waals surface area contributed by atoms with Gasteiger partial charge >= 0.3 is 5.97 Å². The van der Waals surface area contributed by atoms with Gasteiger partial charge < -0.3 is 4.74 Å². The zero-order valence-corrected chi connectivity index (χ0v) is 14.6. The van der Waals surface area contributed by atoms with E-state index in [0.29, 0.717) is 10.0 Å². The van der Waals surface area contributed by atoms with E-state index < -0.39 is 15.8 Å². The third-order valence-corrected chi connectivity index (χ3v) is 5.35. The van der Waals surface area contributed by atoms with E-state index in [1.807, 2.05) is 6.92 Å². The summed E-state index contributed by atoms with van der Waals surface area (Å²) in [6.45, 7) is 1.83. The van der Waals surface area contributed by atoms with E-state index in [9.17, 15) is 13.2 Å². The number of aryl methyl sites for hydroxylation is 1. The highest BCUT2D eigenvalue weighted by Crippen LogP contribution is 2.25. The number of carbonyl (C=O) groups excluding carboxylic acids is 1. The molecule has 23 heavy (non-hydrogen) atoms. The van der Waals surface area contributed by atoms with Crippen molar-refractivity contribution in [2.75, 3.05) is 5.75 Å². The van der Waals surface area contributed by atoms with Crippen LogP contribution in [0.5, 0.6) is 5.75 Å². The monoisotopic (exact) mass is 372 g/mol. The zero-order chi connectivity index (χ0) is 17.0. The van der Waals surface area contributed by atoms with Gasteiger partial charge in [0.15, 0.2) is 9.84 Å². The van der Waals surface area contributed by atoms with Gasteiger partial charge in [-0.15, -0.1) is 0 Å². The van der Waals surface area contributed by atoms with Gasteiger partial charge in [0.2, 0.25) is 0 Å². The minimum atomic E-state index is -3.58. The first kappa shape index (κ1) is 17.8. The van der Waals surface area contributed by atoms with E-state index in [1.54, 1.807) is 18.2 Å². The summed E-state index contributed by atoms with van der Waals surface area (Å²) in [6, 6.07) is 10.8. The summed E-state index contributed by atoms with van der Waals surface area (Å²) >= 11 is 11.7. The zero-order valence-electron chi connectivity index (χ0n) is 12.3. The molecule has 0 saturated heterocycles. The Morgan fingerprint density at radius 1 is 1.09 bits per heavy atom. The topological polar surface area (TPSA) is 60.4 Å². The lowest BCUT2D eigenvalue weighted by atomic mass is 10.2. The molecule has 122 valence electrons. The van der Waals surface area contributed by atoms with Crippen LogP contribution in [-0.4, -0.2) is 20.1 Å². The first-order valence-corrected chi connectivity index (χ1v) is 9.14. The van der Waals surface area contributed by atoms with Gasteiger partial charge in [0.05, 0.1) is 22.1 Å². The van der Waals surface area contributed by atoms with Crippen LogP contribution in [0.4, 0.5) is 0 Å². The number of ether oxygens (including phenoxy) is 1. The van der Waals surface area contributed by atoms with Gasteiger partial charge in [0.25, 0.3) is 0 Å². The third-order valence-electron chi connectivity index (χ3n) is 3.06. The van der Waals surface area contributed by atoms with Crippen LogP contribution in [0.1, 0.15) is 12.0 Å². The van der Waals surface area contributed by atoms with Crippen molar-refractivity contribution in [1.29, 1.82) is 0 Å². The number of rotatable bonds is 5. The molecule has 0 atom stereocenters. The fourth-order valence-corrected chi connectivity index (χ4v) is 3.34. The smallest absolute Gasteiger partial charge is 0.312 e. The van der Waals surface area contributed by atoms with E-state index >= 15 is 0 Å². The number of carbonyl (C=O) groups is 1. The van der Waals surface area contributed by atoms with Crippen molar-refractivity contribution in [3.8, 4) is 5.75 Å². The third kappa shape index (κ3) is 4.96. The van der Waals surface area contributed by atoms with Crippen molar-refractivity contribution in [2.45, 2.75) is 18.2 Å². The minimum absolute atomic E-state index is 0.114. The van der Waals surface area contributed by atoms with Crippen LogP contribution >= 0.6 is 23.2 Å². The lowest BCUT2D eigenvalue weighted by Gasteiger charge is -2.08. The number of hydrogen-bond acceptors (Lipinski definition) is 4. The average Bonchev–Trinajstić information content (AvgIpc) is 2.49. The molecule has 0 amide bonds. The molecule has 0 aliphatic carbocycles. The van der Waals surface area contributed by atoms with Gasteiger partial charge in [-0.3, -0.25) is 4.79 Å². The molecule has 0 aliphatic rings. The lowest BCUT2D eigenvalue weighted by molar-refractivity contribution is -0.133. The Balaban J connectivity index is 2.01. The van der Waals surface area contributed by atoms with Gasteiger partial charge in [-0.1, -0.05) is 29.3 Å². The van der Waals surface area contributed by atoms with E-state index in [4.69, 9.17) is 27.9 Å². The maximum absolute atomic E-state index is 12.1. The molecule has 0 spiro atoms. The molecule has 0 bridgehead atoms. The lowest BCUT2D eigenvalue weighted by Crippen LogP contribution is -2.15. The SMILES string of the molecule is Cc1ccc(Cl)c(OC(=O)CCS(=O)(=O)c2ccc(Cl)cc2)c1. The average molecular weight is 373 g/mol. The second kappa shape index (κ2) is 7.34. The van der Waals surface area contributed by atoms with Crippen molar-refractivity contribution in [3.63, 3.8) is 0 Å². The number of halogens is 2. The molecule has 2 aromatic rings. The molecule has 4 nitrogen and oxygen atoms in total. The predicted molar refractivity (Wildman–Crippen MR) is 89.9 cm³/mol. The van der Waals surface area contributed by atoms with E-state index in [0.717, 1.165) is 5.56 Å². The van der Waals surface area contributed by atoms with Crippen LogP contribution in [0.15, 0.2) is 47.4 Å². The highest BCUT2D eigenvalue weighted by Gasteiger charge is 2.18. The van der Waals surface area contributed by atoms with Crippen LogP contribution in [0.3, 0.4) is 0 Å². The fourth-order valence-electron chi connectivity index (χ4n) is 1.84. The van der Waals surface area contributed by atoms with E-state index in [2.05, 4.69) is 0 Å². The number of benzene rings is 2. The normalized spacial score (nSPS) is 11.3. The Morgan fingerprint density at radius 3 is 2.39 bits per heavy atom. The molecule has 2 aromatic carbocycles. The van der Waals surface area contributed by atoms with Crippen LogP contribution in [0, 0.1) is 6.92 Å². The second-order valence-corrected chi connectivity index (χ2v) is 7.88. The van der Waals surface area contributed by atoms with Crippen molar-refractivity contribution in [1.82, 2.24) is 0 Å². The quantitative estimate of drug-likeness (QED) is 0.586. The Labute approximate surface area is 144 Å². The first-order valence-electron chi connectivity index (χ1n) is 6.73. The standard InChI is InChI=1S/C16H14Cl2O4S/c1-11-2-7-14(18)15(10-11)22-16(19)8-9-23(20,21)13-5-3-12(17)4-6-13/h2-7,10H,8-9H2,1H3. The molecular formula is C16H14Cl2O4S. The molecule has 2 rings (SSSR count). The summed E-state index contributed by atoms with van der Waals surface area (Å²) < 4.78 is 29.4. The van der Waals surface area contributed by atoms with Crippen LogP contribution in [-0.2, 0) is 14.6 Å². The molecule has 0 aromatic heterocycles. The number of hydrogen-bond donors (Lipinski definition) is 0. The summed E-state index contributed by atoms with van der Waals surface area (Å²) in [5.41, 5.74) is 0.881. The number of sulfone groups is 1. The summed E-state index contributed by atoms with van der Waals surface area (Å²) in [5, 5.41) is 0.738. The van der Waals surface area contributed by atoms with E-state index in [1.165, 1.54) is 24.3 Å². The maximum atomic E-state index is 12.1. The van der Waals surface area contributed by atoms with Crippen molar-refractivity contribution in [3.05, 3.63) is 58.1 Å². The summed E-state index contributed by atoms with van der Waals surface area (Å²) in [4.78, 5) is 12.0. The highest BCUT2D eigenvalue weighted by molar-refractivity contribution is 7.91. The van der Waals surface area contributed by atoms with Gasteiger partial charge in [-0.05, 0) is 48.9 Å². The van der Waals surface area contributed by atoms with Crippen LogP contribution < -0.4 is 4.74 Å². The molecule has 7 heteroatoms. The van der Waals surface area contributed by atoms with Crippen molar-refractivity contribution >= 4 is 39.0 Å². The van der Waals surface area contributed by atoms with Gasteiger partial charge in [-0.2, -0.15) is 0 Å². The predicted octanol–water partition coefficient (Wildman–Crippen LogP) is 4.07. The number of esters is 1. The molecule has 0 heterocycles. The van der Waals surface area contributed by atoms with Gasteiger partial charge in [0.1, 0.15) is 5.75 Å². The Bertz CT molecular complexity index is 814. The molecule has 0 saturated carbocycles. The summed E-state index contributed by atoms with van der Waals surface area (Å²) in [6.07, 6.45) is -0.269. The van der Waals surface area contributed by atoms with Crippen LogP contribution in [0.2, 0.25) is 10.0 Å². The Hall–Kier alpha value is -1.56. The highest BCUT2D eigenvalue weighted by atomic mass is 35.5. The van der Waals surface area contributed by atoms with E-state index in [-0.39, 0.29) is 22.8 Å². The minimum Gasteiger partial charge on any atom is -0.425 e. The molecular weight excluding hydrogens is 359 g/mol. The van der Waals surface area contributed by atoms with Gasteiger partial charge in [-0.25, -0.2) is 8.42 Å². The molecule has 0 fully saturated rings. The van der Waals surface area contributed by atoms with Crippen molar-refractivity contribution < 1.29 is 17.9 Å². The molecule has 0 radical (unpaired) electrons. The van der Waals surface area contributed by atoms with Crippen molar-refractivity contribution in [2.24, 2.45) is 0 Å². The van der Waals surface area contributed by atoms with Crippen LogP contribution in [0.25, 0.3) is 0 Å². The largest absolute Gasteiger partial charge is 0.425 e. The molecule has 0 unspecified atom stereocenters. The fraction of sp³-hybridized carbons (Fsp3) is 0.188. The Morgan fingerprint density at radius 2 is 1.74 bits per heavy atom.